The van der Waals surface area contributed by atoms with E-state index in [1.807, 2.05) is 0 Å². The Morgan fingerprint density at radius 2 is 2.00 bits per heavy atom. The number of nitrogens with zero attached hydrogens (tertiary/aromatic N) is 3. The fourth-order valence-electron chi connectivity index (χ4n) is 2.59. The minimum absolute atomic E-state index is 0.235. The van der Waals surface area contributed by atoms with Gasteiger partial charge in [-0.25, -0.2) is 19.1 Å². The van der Waals surface area contributed by atoms with Crippen LogP contribution in [0.15, 0.2) is 52.2 Å². The van der Waals surface area contributed by atoms with Crippen LogP contribution in [-0.2, 0) is 11.3 Å². The standard InChI is InChI=1S/C17H15N3O4/c1-3-19-15(21)13-8-5-9-18-14(13)20(17(19)23)12-7-4-6-11(10-12)16(22)24-2/h4-10H,3H2,1-2H3. The maximum absolute atomic E-state index is 12.8. The molecule has 0 aliphatic rings. The van der Waals surface area contributed by atoms with Gasteiger partial charge in [-0.1, -0.05) is 6.07 Å². The summed E-state index contributed by atoms with van der Waals surface area (Å²) in [6.07, 6.45) is 1.51. The van der Waals surface area contributed by atoms with E-state index in [9.17, 15) is 14.4 Å². The van der Waals surface area contributed by atoms with E-state index < -0.39 is 11.7 Å². The molecule has 2 heterocycles. The normalized spacial score (nSPS) is 10.8. The van der Waals surface area contributed by atoms with Crippen LogP contribution >= 0.6 is 0 Å². The van der Waals surface area contributed by atoms with Crippen molar-refractivity contribution in [1.29, 1.82) is 0 Å². The quantitative estimate of drug-likeness (QED) is 0.679. The summed E-state index contributed by atoms with van der Waals surface area (Å²) in [5.74, 6) is -0.508. The molecule has 24 heavy (non-hydrogen) atoms. The third-order valence-electron chi connectivity index (χ3n) is 3.74. The molecule has 7 heteroatoms. The molecule has 0 atom stereocenters. The van der Waals surface area contributed by atoms with Gasteiger partial charge in [0.2, 0.25) is 0 Å². The average molecular weight is 325 g/mol. The van der Waals surface area contributed by atoms with E-state index in [-0.39, 0.29) is 17.8 Å². The highest BCUT2D eigenvalue weighted by Gasteiger charge is 2.15. The van der Waals surface area contributed by atoms with Crippen LogP contribution < -0.4 is 11.2 Å². The van der Waals surface area contributed by atoms with Crippen LogP contribution in [0.3, 0.4) is 0 Å². The minimum atomic E-state index is -0.508. The van der Waals surface area contributed by atoms with E-state index >= 15 is 0 Å². The first-order chi connectivity index (χ1) is 11.6. The summed E-state index contributed by atoms with van der Waals surface area (Å²) < 4.78 is 7.17. The van der Waals surface area contributed by atoms with Gasteiger partial charge in [0.15, 0.2) is 5.65 Å². The van der Waals surface area contributed by atoms with Gasteiger partial charge in [-0.3, -0.25) is 9.36 Å². The maximum Gasteiger partial charge on any atom is 0.337 e. The molecular formula is C17H15N3O4. The second kappa shape index (κ2) is 6.11. The van der Waals surface area contributed by atoms with Crippen LogP contribution in [0.1, 0.15) is 17.3 Å². The number of benzene rings is 1. The highest BCUT2D eigenvalue weighted by Crippen LogP contribution is 2.14. The third-order valence-corrected chi connectivity index (χ3v) is 3.74. The fourth-order valence-corrected chi connectivity index (χ4v) is 2.59. The summed E-state index contributed by atoms with van der Waals surface area (Å²) in [5, 5.41) is 0.336. The Bertz CT molecular complexity index is 1050. The highest BCUT2D eigenvalue weighted by atomic mass is 16.5. The fraction of sp³-hybridized carbons (Fsp3) is 0.176. The first-order valence-corrected chi connectivity index (χ1v) is 7.37. The minimum Gasteiger partial charge on any atom is -0.465 e. The summed E-state index contributed by atoms with van der Waals surface area (Å²) in [7, 11) is 1.29. The van der Waals surface area contributed by atoms with Crippen molar-refractivity contribution in [3.05, 3.63) is 69.0 Å². The first-order valence-electron chi connectivity index (χ1n) is 7.37. The number of esters is 1. The zero-order valence-electron chi connectivity index (χ0n) is 13.2. The molecule has 0 fully saturated rings. The van der Waals surface area contributed by atoms with Crippen molar-refractivity contribution in [1.82, 2.24) is 14.1 Å². The van der Waals surface area contributed by atoms with Crippen LogP contribution in [0.25, 0.3) is 16.7 Å². The molecule has 2 aromatic heterocycles. The average Bonchev–Trinajstić information content (AvgIpc) is 2.62. The van der Waals surface area contributed by atoms with E-state index in [0.29, 0.717) is 16.6 Å². The number of hydrogen-bond donors (Lipinski definition) is 0. The Labute approximate surface area is 136 Å². The van der Waals surface area contributed by atoms with Crippen molar-refractivity contribution < 1.29 is 9.53 Å². The molecule has 7 nitrogen and oxygen atoms in total. The molecule has 0 radical (unpaired) electrons. The van der Waals surface area contributed by atoms with Crippen molar-refractivity contribution in [3.63, 3.8) is 0 Å². The van der Waals surface area contributed by atoms with Crippen molar-refractivity contribution in [2.45, 2.75) is 13.5 Å². The molecular weight excluding hydrogens is 310 g/mol. The van der Waals surface area contributed by atoms with E-state index in [4.69, 9.17) is 4.74 Å². The third kappa shape index (κ3) is 2.40. The first kappa shape index (κ1) is 15.7. The van der Waals surface area contributed by atoms with Crippen molar-refractivity contribution in [2.24, 2.45) is 0 Å². The van der Waals surface area contributed by atoms with Crippen LogP contribution in [0.2, 0.25) is 0 Å². The lowest BCUT2D eigenvalue weighted by Crippen LogP contribution is -2.39. The molecule has 3 aromatic rings. The largest absolute Gasteiger partial charge is 0.465 e. The Balaban J connectivity index is 2.41. The molecule has 0 bridgehead atoms. The molecule has 0 N–H and O–H groups in total. The zero-order chi connectivity index (χ0) is 17.3. The number of hydrogen-bond acceptors (Lipinski definition) is 5. The lowest BCUT2D eigenvalue weighted by atomic mass is 10.2. The van der Waals surface area contributed by atoms with Crippen LogP contribution in [0, 0.1) is 0 Å². The monoisotopic (exact) mass is 325 g/mol. The molecule has 1 aromatic carbocycles. The van der Waals surface area contributed by atoms with Crippen LogP contribution in [0.5, 0.6) is 0 Å². The number of carbonyl (C=O) groups excluding carboxylic acids is 1. The molecule has 0 saturated carbocycles. The number of fused-ring (bicyclic) bond motifs is 1. The predicted molar refractivity (Wildman–Crippen MR) is 88.6 cm³/mol. The maximum atomic E-state index is 12.8. The lowest BCUT2D eigenvalue weighted by molar-refractivity contribution is 0.0600. The van der Waals surface area contributed by atoms with Gasteiger partial charge in [-0.05, 0) is 37.3 Å². The topological polar surface area (TPSA) is 83.2 Å². The van der Waals surface area contributed by atoms with E-state index in [2.05, 4.69) is 4.98 Å². The van der Waals surface area contributed by atoms with Gasteiger partial charge < -0.3 is 4.74 Å². The highest BCUT2D eigenvalue weighted by molar-refractivity contribution is 5.90. The summed E-state index contributed by atoms with van der Waals surface area (Å²) in [6.45, 7) is 1.96. The van der Waals surface area contributed by atoms with E-state index in [0.717, 1.165) is 4.57 Å². The summed E-state index contributed by atoms with van der Waals surface area (Å²) in [6, 6.07) is 9.70. The molecule has 0 amide bonds. The number of aromatic nitrogens is 3. The second-order valence-electron chi connectivity index (χ2n) is 5.08. The van der Waals surface area contributed by atoms with Crippen molar-refractivity contribution in [3.8, 4) is 5.69 Å². The Kier molecular flexibility index (Phi) is 3.99. The van der Waals surface area contributed by atoms with Crippen molar-refractivity contribution in [2.75, 3.05) is 7.11 Å². The SMILES string of the molecule is CCn1c(=O)c2cccnc2n(-c2cccc(C(=O)OC)c2)c1=O. The number of rotatable bonds is 3. The van der Waals surface area contributed by atoms with Crippen LogP contribution in [0.4, 0.5) is 0 Å². The van der Waals surface area contributed by atoms with Gasteiger partial charge in [-0.2, -0.15) is 0 Å². The molecule has 0 aliphatic carbocycles. The molecule has 0 saturated heterocycles. The smallest absolute Gasteiger partial charge is 0.337 e. The lowest BCUT2D eigenvalue weighted by Gasteiger charge is -2.13. The molecule has 3 rings (SSSR count). The van der Waals surface area contributed by atoms with Gasteiger partial charge in [0.1, 0.15) is 0 Å². The number of ether oxygens (including phenoxy) is 1. The van der Waals surface area contributed by atoms with Crippen molar-refractivity contribution >= 4 is 17.0 Å². The Morgan fingerprint density at radius 1 is 1.21 bits per heavy atom. The molecule has 122 valence electrons. The molecule has 0 unspecified atom stereocenters. The predicted octanol–water partition coefficient (Wildman–Crippen LogP) is 1.35. The number of carbonyl (C=O) groups is 1. The molecule has 0 aliphatic heterocycles. The van der Waals surface area contributed by atoms with Gasteiger partial charge in [0.05, 0.1) is 23.7 Å². The Morgan fingerprint density at radius 3 is 2.71 bits per heavy atom. The zero-order valence-corrected chi connectivity index (χ0v) is 13.2. The number of methoxy groups -OCH3 is 1. The number of pyridine rings is 1. The molecule has 0 spiro atoms. The van der Waals surface area contributed by atoms with E-state index in [1.54, 1.807) is 37.3 Å². The van der Waals surface area contributed by atoms with Gasteiger partial charge in [0.25, 0.3) is 5.56 Å². The van der Waals surface area contributed by atoms with Gasteiger partial charge in [-0.15, -0.1) is 0 Å². The summed E-state index contributed by atoms with van der Waals surface area (Å²) in [5.41, 5.74) is 0.106. The van der Waals surface area contributed by atoms with Crippen LogP contribution in [-0.4, -0.2) is 27.2 Å². The van der Waals surface area contributed by atoms with E-state index in [1.165, 1.54) is 23.9 Å². The Hall–Kier alpha value is -3.22. The second-order valence-corrected chi connectivity index (χ2v) is 5.08. The van der Waals surface area contributed by atoms with Gasteiger partial charge in [0, 0.05) is 12.7 Å². The van der Waals surface area contributed by atoms with Gasteiger partial charge >= 0.3 is 11.7 Å². The summed E-state index contributed by atoms with van der Waals surface area (Å²) in [4.78, 5) is 41.1. The summed E-state index contributed by atoms with van der Waals surface area (Å²) >= 11 is 0.